The van der Waals surface area contributed by atoms with Crippen LogP contribution >= 0.6 is 0 Å². The molecule has 1 unspecified atom stereocenters. The molecule has 1 saturated heterocycles. The Morgan fingerprint density at radius 3 is 2.50 bits per heavy atom. The van der Waals surface area contributed by atoms with Crippen molar-refractivity contribution in [3.8, 4) is 0 Å². The van der Waals surface area contributed by atoms with E-state index < -0.39 is 10.0 Å². The van der Waals surface area contributed by atoms with Crippen LogP contribution in [-0.4, -0.2) is 46.8 Å². The summed E-state index contributed by atoms with van der Waals surface area (Å²) in [6, 6.07) is 7.51. The molecule has 2 N–H and O–H groups in total. The summed E-state index contributed by atoms with van der Waals surface area (Å²) >= 11 is 0. The van der Waals surface area contributed by atoms with Crippen LogP contribution in [0.5, 0.6) is 0 Å². The van der Waals surface area contributed by atoms with Crippen molar-refractivity contribution in [2.45, 2.75) is 51.5 Å². The maximum Gasteiger partial charge on any atom is 0.248 e. The number of nitrogens with zero attached hydrogens (tertiary/aromatic N) is 3. The number of aryl methyl sites for hydroxylation is 2. The Kier molecular flexibility index (Phi) is 6.09. The van der Waals surface area contributed by atoms with E-state index in [-0.39, 0.29) is 47.5 Å². The number of sulfonamides is 1. The number of hydrogen-bond acceptors (Lipinski definition) is 6. The molecule has 3 heterocycles. The third-order valence-electron chi connectivity index (χ3n) is 6.06. The third-order valence-corrected chi connectivity index (χ3v) is 8.20. The topological polar surface area (TPSA) is 121 Å². The van der Waals surface area contributed by atoms with Gasteiger partial charge in [-0.25, -0.2) is 13.4 Å². The number of carbonyl (C=O) groups excluding carboxylic acids is 1. The minimum atomic E-state index is -3.69. The van der Waals surface area contributed by atoms with Crippen LogP contribution < -0.4 is 5.32 Å². The molecule has 0 saturated carbocycles. The van der Waals surface area contributed by atoms with Crippen LogP contribution in [-0.2, 0) is 14.8 Å². The molecule has 1 amide bonds. The van der Waals surface area contributed by atoms with Gasteiger partial charge < -0.3 is 14.8 Å². The van der Waals surface area contributed by atoms with Crippen molar-refractivity contribution >= 4 is 27.0 Å². The molecule has 4 rings (SSSR count). The molecule has 172 valence electrons. The lowest BCUT2D eigenvalue weighted by atomic mass is 9.95. The van der Waals surface area contributed by atoms with Crippen LogP contribution in [0.3, 0.4) is 0 Å². The smallest absolute Gasteiger partial charge is 0.248 e. The molecule has 10 heteroatoms. The van der Waals surface area contributed by atoms with Gasteiger partial charge in [-0.3, -0.25) is 4.79 Å². The van der Waals surface area contributed by atoms with Gasteiger partial charge in [-0.05, 0) is 44.7 Å². The molecule has 1 atom stereocenters. The molecule has 32 heavy (non-hydrogen) atoms. The van der Waals surface area contributed by atoms with Gasteiger partial charge in [0.25, 0.3) is 0 Å². The Labute approximate surface area is 187 Å². The Morgan fingerprint density at radius 1 is 1.22 bits per heavy atom. The zero-order chi connectivity index (χ0) is 23.0. The summed E-state index contributed by atoms with van der Waals surface area (Å²) in [4.78, 5) is 21.1. The number of imidazole rings is 1. The second kappa shape index (κ2) is 8.67. The van der Waals surface area contributed by atoms with Crippen molar-refractivity contribution in [1.29, 1.82) is 0 Å². The molecule has 3 aromatic rings. The quantitative estimate of drug-likeness (QED) is 0.584. The standard InChI is InChI=1S/C22H29N5O4S/c1-13(2)19(21-23-17-7-5-6-8-18(17)24-21)25-22(28)16-9-11-27(12-10-16)32(29,30)20-14(3)26-31-15(20)4/h5-8,13,16,19H,9-12H2,1-4H3,(H,23,24)(H,25,28). The van der Waals surface area contributed by atoms with Gasteiger partial charge in [0.2, 0.25) is 15.9 Å². The average molecular weight is 460 g/mol. The number of hydrogen-bond donors (Lipinski definition) is 2. The second-order valence-electron chi connectivity index (χ2n) is 8.70. The molecular weight excluding hydrogens is 430 g/mol. The molecule has 2 aromatic heterocycles. The van der Waals surface area contributed by atoms with E-state index in [2.05, 4.69) is 20.4 Å². The molecule has 1 fully saturated rings. The lowest BCUT2D eigenvalue weighted by Crippen LogP contribution is -2.44. The molecule has 1 aliphatic heterocycles. The highest BCUT2D eigenvalue weighted by atomic mass is 32.2. The number of amides is 1. The monoisotopic (exact) mass is 459 g/mol. The lowest BCUT2D eigenvalue weighted by molar-refractivity contribution is -0.127. The molecule has 0 aliphatic carbocycles. The maximum absolute atomic E-state index is 13.0. The van der Waals surface area contributed by atoms with Crippen LogP contribution in [0.1, 0.15) is 50.0 Å². The molecule has 0 radical (unpaired) electrons. The van der Waals surface area contributed by atoms with Gasteiger partial charge in [-0.1, -0.05) is 31.1 Å². The number of aromatic nitrogens is 3. The highest BCUT2D eigenvalue weighted by Gasteiger charge is 2.36. The number of rotatable bonds is 6. The SMILES string of the molecule is Cc1noc(C)c1S(=O)(=O)N1CCC(C(=O)NC(c2nc3ccccc3[nH]2)C(C)C)CC1. The average Bonchev–Trinajstić information content (AvgIpc) is 3.34. The van der Waals surface area contributed by atoms with Crippen molar-refractivity contribution in [1.82, 2.24) is 24.7 Å². The number of para-hydroxylation sites is 2. The predicted molar refractivity (Wildman–Crippen MR) is 119 cm³/mol. The van der Waals surface area contributed by atoms with Crippen LogP contribution in [0.2, 0.25) is 0 Å². The first-order valence-corrected chi connectivity index (χ1v) is 12.3. The zero-order valence-electron chi connectivity index (χ0n) is 18.8. The van der Waals surface area contributed by atoms with E-state index in [1.807, 2.05) is 38.1 Å². The lowest BCUT2D eigenvalue weighted by Gasteiger charge is -2.31. The molecule has 0 bridgehead atoms. The number of aromatic amines is 1. The van der Waals surface area contributed by atoms with E-state index in [9.17, 15) is 13.2 Å². The van der Waals surface area contributed by atoms with Crippen molar-refractivity contribution < 1.29 is 17.7 Å². The second-order valence-corrected chi connectivity index (χ2v) is 10.6. The van der Waals surface area contributed by atoms with Gasteiger partial charge in [0.1, 0.15) is 16.4 Å². The first-order valence-electron chi connectivity index (χ1n) is 10.9. The van der Waals surface area contributed by atoms with Crippen molar-refractivity contribution in [2.75, 3.05) is 13.1 Å². The van der Waals surface area contributed by atoms with Crippen LogP contribution in [0.15, 0.2) is 33.7 Å². The van der Waals surface area contributed by atoms with Crippen LogP contribution in [0, 0.1) is 25.7 Å². The minimum Gasteiger partial charge on any atom is -0.360 e. The molecule has 9 nitrogen and oxygen atoms in total. The zero-order valence-corrected chi connectivity index (χ0v) is 19.6. The minimum absolute atomic E-state index is 0.0708. The van der Waals surface area contributed by atoms with Gasteiger partial charge in [0.15, 0.2) is 5.76 Å². The normalized spacial score (nSPS) is 17.2. The summed E-state index contributed by atoms with van der Waals surface area (Å²) < 4.78 is 32.5. The maximum atomic E-state index is 13.0. The van der Waals surface area contributed by atoms with E-state index in [0.717, 1.165) is 16.9 Å². The summed E-state index contributed by atoms with van der Waals surface area (Å²) in [7, 11) is -3.69. The molecular formula is C22H29N5O4S. The highest BCUT2D eigenvalue weighted by molar-refractivity contribution is 7.89. The third kappa shape index (κ3) is 4.16. The van der Waals surface area contributed by atoms with Gasteiger partial charge >= 0.3 is 0 Å². The summed E-state index contributed by atoms with van der Waals surface area (Å²) in [6.07, 6.45) is 0.915. The van der Waals surface area contributed by atoms with Gasteiger partial charge in [0, 0.05) is 19.0 Å². The van der Waals surface area contributed by atoms with E-state index in [1.54, 1.807) is 13.8 Å². The Morgan fingerprint density at radius 2 is 1.91 bits per heavy atom. The summed E-state index contributed by atoms with van der Waals surface area (Å²) in [5.41, 5.74) is 2.15. The van der Waals surface area contributed by atoms with E-state index in [0.29, 0.717) is 18.5 Å². The fourth-order valence-electron chi connectivity index (χ4n) is 4.27. The van der Waals surface area contributed by atoms with Crippen LogP contribution in [0.4, 0.5) is 0 Å². The Bertz CT molecular complexity index is 1170. The molecule has 1 aromatic carbocycles. The number of carbonyl (C=O) groups is 1. The summed E-state index contributed by atoms with van der Waals surface area (Å²) in [5.74, 6) is 0.829. The number of piperidine rings is 1. The van der Waals surface area contributed by atoms with E-state index in [4.69, 9.17) is 4.52 Å². The Hall–Kier alpha value is -2.72. The first kappa shape index (κ1) is 22.5. The first-order chi connectivity index (χ1) is 15.2. The van der Waals surface area contributed by atoms with Gasteiger partial charge in [-0.2, -0.15) is 4.31 Å². The number of benzene rings is 1. The van der Waals surface area contributed by atoms with Gasteiger partial charge in [-0.15, -0.1) is 0 Å². The van der Waals surface area contributed by atoms with Crippen molar-refractivity contribution in [3.05, 3.63) is 41.5 Å². The highest BCUT2D eigenvalue weighted by Crippen LogP contribution is 2.29. The fourth-order valence-corrected chi connectivity index (χ4v) is 6.03. The van der Waals surface area contributed by atoms with Crippen LogP contribution in [0.25, 0.3) is 11.0 Å². The molecule has 1 aliphatic rings. The number of H-pyrrole nitrogens is 1. The fraction of sp³-hybridized carbons (Fsp3) is 0.500. The summed E-state index contributed by atoms with van der Waals surface area (Å²) in [5, 5.41) is 6.90. The molecule has 0 spiro atoms. The summed E-state index contributed by atoms with van der Waals surface area (Å²) in [6.45, 7) is 7.85. The predicted octanol–water partition coefficient (Wildman–Crippen LogP) is 3.08. The van der Waals surface area contributed by atoms with E-state index >= 15 is 0 Å². The van der Waals surface area contributed by atoms with Gasteiger partial charge in [0.05, 0.1) is 17.1 Å². The largest absolute Gasteiger partial charge is 0.360 e. The van der Waals surface area contributed by atoms with E-state index in [1.165, 1.54) is 4.31 Å². The number of fused-ring (bicyclic) bond motifs is 1. The van der Waals surface area contributed by atoms with Crippen molar-refractivity contribution in [3.63, 3.8) is 0 Å². The Balaban J connectivity index is 1.43. The van der Waals surface area contributed by atoms with Crippen molar-refractivity contribution in [2.24, 2.45) is 11.8 Å². The number of nitrogens with one attached hydrogen (secondary N) is 2.